The first-order valence-electron chi connectivity index (χ1n) is 10.3. The van der Waals surface area contributed by atoms with Crippen LogP contribution in [-0.2, 0) is 11.2 Å². The van der Waals surface area contributed by atoms with Crippen LogP contribution < -0.4 is 9.80 Å². The van der Waals surface area contributed by atoms with Gasteiger partial charge in [0, 0.05) is 31.0 Å². The van der Waals surface area contributed by atoms with Crippen LogP contribution in [0.25, 0.3) is 10.2 Å². The van der Waals surface area contributed by atoms with Crippen molar-refractivity contribution in [2.45, 2.75) is 38.1 Å². The van der Waals surface area contributed by atoms with Crippen molar-refractivity contribution in [3.05, 3.63) is 59.1 Å². The lowest BCUT2D eigenvalue weighted by atomic mass is 9.96. The molecule has 1 atom stereocenters. The van der Waals surface area contributed by atoms with Crippen molar-refractivity contribution in [1.82, 2.24) is 4.98 Å². The van der Waals surface area contributed by atoms with Crippen LogP contribution in [0.4, 0.5) is 5.69 Å². The van der Waals surface area contributed by atoms with Crippen molar-refractivity contribution < 1.29 is 9.69 Å². The summed E-state index contributed by atoms with van der Waals surface area (Å²) < 4.78 is 1.28. The van der Waals surface area contributed by atoms with E-state index < -0.39 is 0 Å². The number of anilines is 1. The van der Waals surface area contributed by atoms with Crippen molar-refractivity contribution in [2.24, 2.45) is 0 Å². The van der Waals surface area contributed by atoms with Gasteiger partial charge < -0.3 is 9.80 Å². The second-order valence-electron chi connectivity index (χ2n) is 8.04. The Morgan fingerprint density at radius 2 is 1.89 bits per heavy atom. The molecule has 1 fully saturated rings. The SMILES string of the molecule is C[C@H](C(=O)N1CCc2ccccc21)[NH+]1CCC(c2nc3ccccc3s2)CC1. The van der Waals surface area contributed by atoms with Crippen LogP contribution in [0.3, 0.4) is 0 Å². The fraction of sp³-hybridized carbons (Fsp3) is 0.391. The highest BCUT2D eigenvalue weighted by Gasteiger charge is 2.36. The quantitative estimate of drug-likeness (QED) is 0.744. The lowest BCUT2D eigenvalue weighted by molar-refractivity contribution is -0.919. The van der Waals surface area contributed by atoms with Crippen molar-refractivity contribution >= 4 is 33.1 Å². The maximum absolute atomic E-state index is 13.2. The molecule has 1 saturated heterocycles. The maximum Gasteiger partial charge on any atom is 0.284 e. The Bertz CT molecular complexity index is 973. The molecule has 0 bridgehead atoms. The van der Waals surface area contributed by atoms with Gasteiger partial charge in [-0.15, -0.1) is 11.3 Å². The number of amides is 1. The minimum Gasteiger partial charge on any atom is -0.325 e. The van der Waals surface area contributed by atoms with Crippen LogP contribution in [0, 0.1) is 0 Å². The number of aromatic nitrogens is 1. The summed E-state index contributed by atoms with van der Waals surface area (Å²) in [6, 6.07) is 16.7. The third-order valence-electron chi connectivity index (χ3n) is 6.42. The van der Waals surface area contributed by atoms with Crippen LogP contribution in [0.2, 0.25) is 0 Å². The molecule has 2 aromatic carbocycles. The molecule has 0 saturated carbocycles. The van der Waals surface area contributed by atoms with Gasteiger partial charge in [0.1, 0.15) is 0 Å². The number of para-hydroxylation sites is 2. The van der Waals surface area contributed by atoms with Crippen molar-refractivity contribution in [1.29, 1.82) is 0 Å². The first kappa shape index (κ1) is 17.8. The predicted molar refractivity (Wildman–Crippen MR) is 114 cm³/mol. The average molecular weight is 393 g/mol. The number of piperidine rings is 1. The Kier molecular flexibility index (Phi) is 4.65. The summed E-state index contributed by atoms with van der Waals surface area (Å²) in [5.41, 5.74) is 3.53. The molecule has 3 heterocycles. The van der Waals surface area contributed by atoms with Crippen LogP contribution in [0.15, 0.2) is 48.5 Å². The molecule has 1 N–H and O–H groups in total. The first-order valence-corrected chi connectivity index (χ1v) is 11.1. The zero-order chi connectivity index (χ0) is 19.1. The number of nitrogens with zero attached hydrogens (tertiary/aromatic N) is 2. The van der Waals surface area contributed by atoms with Crippen LogP contribution in [0.5, 0.6) is 0 Å². The molecule has 5 heteroatoms. The van der Waals surface area contributed by atoms with E-state index in [1.165, 1.54) is 20.2 Å². The summed E-state index contributed by atoms with van der Waals surface area (Å²) >= 11 is 1.84. The normalized spacial score (nSPS) is 23.0. The lowest BCUT2D eigenvalue weighted by Crippen LogP contribution is -3.17. The number of hydrogen-bond donors (Lipinski definition) is 1. The molecule has 1 aromatic heterocycles. The summed E-state index contributed by atoms with van der Waals surface area (Å²) in [6.07, 6.45) is 3.20. The third kappa shape index (κ3) is 3.12. The smallest absolute Gasteiger partial charge is 0.284 e. The van der Waals surface area contributed by atoms with E-state index in [2.05, 4.69) is 49.4 Å². The highest BCUT2D eigenvalue weighted by Crippen LogP contribution is 2.32. The molecule has 0 radical (unpaired) electrons. The molecule has 3 aromatic rings. The second-order valence-corrected chi connectivity index (χ2v) is 9.10. The molecule has 2 aliphatic heterocycles. The van der Waals surface area contributed by atoms with Gasteiger partial charge in [-0.2, -0.15) is 0 Å². The van der Waals surface area contributed by atoms with E-state index in [4.69, 9.17) is 4.98 Å². The summed E-state index contributed by atoms with van der Waals surface area (Å²) in [7, 11) is 0. The average Bonchev–Trinajstić information content (AvgIpc) is 3.37. The fourth-order valence-electron chi connectivity index (χ4n) is 4.71. The Morgan fingerprint density at radius 1 is 1.14 bits per heavy atom. The van der Waals surface area contributed by atoms with Gasteiger partial charge in [-0.25, -0.2) is 4.98 Å². The van der Waals surface area contributed by atoms with Gasteiger partial charge in [-0.3, -0.25) is 4.79 Å². The molecule has 4 nitrogen and oxygen atoms in total. The van der Waals surface area contributed by atoms with Gasteiger partial charge in [-0.1, -0.05) is 30.3 Å². The highest BCUT2D eigenvalue weighted by molar-refractivity contribution is 7.18. The molecule has 0 aliphatic carbocycles. The standard InChI is InChI=1S/C23H25N3OS/c1-16(23(27)26-15-12-17-6-2-4-8-20(17)26)25-13-10-18(11-14-25)22-24-19-7-3-5-9-21(19)28-22/h2-9,16,18H,10-15H2,1H3/p+1/t16-/m1/s1. The molecule has 5 rings (SSSR count). The molecule has 28 heavy (non-hydrogen) atoms. The van der Waals surface area contributed by atoms with Crippen LogP contribution in [-0.4, -0.2) is 36.6 Å². The molecular weight excluding hydrogens is 366 g/mol. The van der Waals surface area contributed by atoms with E-state index in [0.29, 0.717) is 5.92 Å². The minimum atomic E-state index is 0.0162. The number of fused-ring (bicyclic) bond motifs is 2. The van der Waals surface area contributed by atoms with E-state index >= 15 is 0 Å². The molecule has 1 amide bonds. The number of carbonyl (C=O) groups excluding carboxylic acids is 1. The molecular formula is C23H26N3OS+. The van der Waals surface area contributed by atoms with Gasteiger partial charge >= 0.3 is 0 Å². The highest BCUT2D eigenvalue weighted by atomic mass is 32.1. The number of thiazole rings is 1. The fourth-order valence-corrected chi connectivity index (χ4v) is 5.85. The number of benzene rings is 2. The topological polar surface area (TPSA) is 37.6 Å². The van der Waals surface area contributed by atoms with E-state index in [0.717, 1.165) is 50.1 Å². The Hall–Kier alpha value is -2.24. The largest absolute Gasteiger partial charge is 0.325 e. The Morgan fingerprint density at radius 3 is 2.71 bits per heavy atom. The van der Waals surface area contributed by atoms with E-state index in [1.54, 1.807) is 0 Å². The van der Waals surface area contributed by atoms with Gasteiger partial charge in [0.25, 0.3) is 5.91 Å². The number of quaternary nitrogens is 1. The van der Waals surface area contributed by atoms with Crippen molar-refractivity contribution in [3.63, 3.8) is 0 Å². The lowest BCUT2D eigenvalue weighted by Gasteiger charge is -2.33. The van der Waals surface area contributed by atoms with Gasteiger partial charge in [0.05, 0.1) is 28.3 Å². The van der Waals surface area contributed by atoms with Crippen LogP contribution >= 0.6 is 11.3 Å². The van der Waals surface area contributed by atoms with Crippen molar-refractivity contribution in [3.8, 4) is 0 Å². The third-order valence-corrected chi connectivity index (χ3v) is 7.62. The number of nitrogens with one attached hydrogen (secondary N) is 1. The second kappa shape index (κ2) is 7.30. The first-order chi connectivity index (χ1) is 13.7. The maximum atomic E-state index is 13.2. The molecule has 0 unspecified atom stereocenters. The Balaban J connectivity index is 1.24. The van der Waals surface area contributed by atoms with Gasteiger partial charge in [-0.05, 0) is 37.1 Å². The predicted octanol–water partition coefficient (Wildman–Crippen LogP) is 3.04. The number of rotatable bonds is 3. The number of hydrogen-bond acceptors (Lipinski definition) is 3. The summed E-state index contributed by atoms with van der Waals surface area (Å²) in [4.78, 5) is 21.5. The van der Waals surface area contributed by atoms with Crippen molar-refractivity contribution in [2.75, 3.05) is 24.5 Å². The van der Waals surface area contributed by atoms with Gasteiger partial charge in [0.2, 0.25) is 0 Å². The summed E-state index contributed by atoms with van der Waals surface area (Å²) in [5, 5.41) is 1.27. The van der Waals surface area contributed by atoms with Gasteiger partial charge in [0.15, 0.2) is 6.04 Å². The minimum absolute atomic E-state index is 0.0162. The molecule has 0 spiro atoms. The summed E-state index contributed by atoms with van der Waals surface area (Å²) in [5.74, 6) is 0.814. The van der Waals surface area contributed by atoms with E-state index in [-0.39, 0.29) is 11.9 Å². The number of carbonyl (C=O) groups is 1. The summed E-state index contributed by atoms with van der Waals surface area (Å²) in [6.45, 7) is 5.02. The van der Waals surface area contributed by atoms with E-state index in [9.17, 15) is 4.79 Å². The monoisotopic (exact) mass is 392 g/mol. The number of likely N-dealkylation sites (tertiary alicyclic amines) is 1. The van der Waals surface area contributed by atoms with Crippen LogP contribution in [0.1, 0.15) is 36.3 Å². The zero-order valence-electron chi connectivity index (χ0n) is 16.2. The van der Waals surface area contributed by atoms with E-state index in [1.807, 2.05) is 22.3 Å². The molecule has 2 aliphatic rings. The Labute approximate surface area is 169 Å². The molecule has 144 valence electrons. The zero-order valence-corrected chi connectivity index (χ0v) is 17.0.